The van der Waals surface area contributed by atoms with E-state index < -0.39 is 0 Å². The Labute approximate surface area is 107 Å². The number of hydrogen-bond acceptors (Lipinski definition) is 3. The van der Waals surface area contributed by atoms with Crippen molar-refractivity contribution < 1.29 is 0 Å². The molecule has 0 amide bonds. The van der Waals surface area contributed by atoms with Gasteiger partial charge in [0.15, 0.2) is 5.65 Å². The predicted molar refractivity (Wildman–Crippen MR) is 73.3 cm³/mol. The number of pyridine rings is 1. The Kier molecular flexibility index (Phi) is 2.94. The fourth-order valence-corrected chi connectivity index (χ4v) is 2.94. The molecule has 1 fully saturated rings. The van der Waals surface area contributed by atoms with Gasteiger partial charge in [-0.2, -0.15) is 4.98 Å². The smallest absolute Gasteiger partial charge is 0.202 e. The molecule has 1 saturated carbocycles. The van der Waals surface area contributed by atoms with Crippen LogP contribution >= 0.6 is 0 Å². The summed E-state index contributed by atoms with van der Waals surface area (Å²) in [6.07, 6.45) is 8.58. The quantitative estimate of drug-likeness (QED) is 0.883. The van der Waals surface area contributed by atoms with E-state index in [2.05, 4.69) is 27.5 Å². The van der Waals surface area contributed by atoms with Gasteiger partial charge in [-0.05, 0) is 37.3 Å². The molecule has 0 bridgehead atoms. The van der Waals surface area contributed by atoms with Crippen molar-refractivity contribution in [1.82, 2.24) is 14.5 Å². The van der Waals surface area contributed by atoms with E-state index in [4.69, 9.17) is 5.73 Å². The average molecular weight is 244 g/mol. The second-order valence-electron chi connectivity index (χ2n) is 5.44. The first-order chi connectivity index (χ1) is 8.74. The van der Waals surface area contributed by atoms with E-state index in [1.165, 1.54) is 32.1 Å². The zero-order valence-corrected chi connectivity index (χ0v) is 10.9. The molecule has 0 radical (unpaired) electrons. The van der Waals surface area contributed by atoms with Gasteiger partial charge in [-0.25, -0.2) is 4.98 Å². The van der Waals surface area contributed by atoms with Crippen molar-refractivity contribution in [3.63, 3.8) is 0 Å². The fourth-order valence-electron chi connectivity index (χ4n) is 2.94. The molecule has 0 atom stereocenters. The zero-order chi connectivity index (χ0) is 12.5. The molecule has 1 aliphatic carbocycles. The number of anilines is 1. The van der Waals surface area contributed by atoms with Gasteiger partial charge in [0.1, 0.15) is 0 Å². The monoisotopic (exact) mass is 244 g/mol. The third kappa shape index (κ3) is 2.07. The normalized spacial score (nSPS) is 17.4. The lowest BCUT2D eigenvalue weighted by atomic mass is 9.89. The van der Waals surface area contributed by atoms with Crippen LogP contribution in [0.1, 0.15) is 37.7 Å². The summed E-state index contributed by atoms with van der Waals surface area (Å²) in [6.45, 7) is 3.05. The maximum absolute atomic E-state index is 6.03. The summed E-state index contributed by atoms with van der Waals surface area (Å²) in [4.78, 5) is 8.69. The first-order valence-electron chi connectivity index (χ1n) is 6.82. The molecule has 0 aliphatic heterocycles. The molecule has 1 aliphatic rings. The van der Waals surface area contributed by atoms with E-state index in [9.17, 15) is 0 Å². The lowest BCUT2D eigenvalue weighted by Crippen LogP contribution is -2.15. The maximum Gasteiger partial charge on any atom is 0.202 e. The molecule has 2 aromatic heterocycles. The fraction of sp³-hybridized carbons (Fsp3) is 0.571. The first kappa shape index (κ1) is 11.5. The molecular formula is C14H20N4. The Balaban J connectivity index is 1.94. The lowest BCUT2D eigenvalue weighted by Gasteiger charge is -2.22. The number of nitrogens with two attached hydrogens (primary N) is 1. The van der Waals surface area contributed by atoms with Crippen molar-refractivity contribution in [2.24, 2.45) is 5.92 Å². The number of nitrogens with zero attached hydrogens (tertiary/aromatic N) is 3. The van der Waals surface area contributed by atoms with Crippen LogP contribution in [0.2, 0.25) is 0 Å². The highest BCUT2D eigenvalue weighted by molar-refractivity contribution is 5.74. The Bertz CT molecular complexity index is 552. The predicted octanol–water partition coefficient (Wildman–Crippen LogP) is 2.90. The highest BCUT2D eigenvalue weighted by Crippen LogP contribution is 2.27. The standard InChI is InChI=1S/C14H20N4/c1-10-7-12-13(16-8-10)17-14(15)18(12)9-11-5-3-2-4-6-11/h7-8,11H,2-6,9H2,1H3,(H2,15,16,17). The summed E-state index contributed by atoms with van der Waals surface area (Å²) in [5.74, 6) is 1.35. The molecule has 2 N–H and O–H groups in total. The van der Waals surface area contributed by atoms with Crippen LogP contribution in [0.3, 0.4) is 0 Å². The molecule has 0 spiro atoms. The molecule has 0 aromatic carbocycles. The van der Waals surface area contributed by atoms with Crippen LogP contribution in [0.15, 0.2) is 12.3 Å². The average Bonchev–Trinajstić information content (AvgIpc) is 2.67. The second-order valence-corrected chi connectivity index (χ2v) is 5.44. The maximum atomic E-state index is 6.03. The van der Waals surface area contributed by atoms with E-state index in [1.807, 2.05) is 6.20 Å². The van der Waals surface area contributed by atoms with Crippen LogP contribution in [0.4, 0.5) is 5.95 Å². The third-order valence-corrected chi connectivity index (χ3v) is 3.94. The van der Waals surface area contributed by atoms with Crippen molar-refractivity contribution in [3.05, 3.63) is 17.8 Å². The van der Waals surface area contributed by atoms with Gasteiger partial charge in [0, 0.05) is 12.7 Å². The summed E-state index contributed by atoms with van der Waals surface area (Å²) < 4.78 is 2.14. The van der Waals surface area contributed by atoms with E-state index in [0.717, 1.165) is 29.2 Å². The van der Waals surface area contributed by atoms with E-state index >= 15 is 0 Å². The Morgan fingerprint density at radius 3 is 2.89 bits per heavy atom. The number of imidazole rings is 1. The summed E-state index contributed by atoms with van der Waals surface area (Å²) in [5.41, 5.74) is 9.05. The van der Waals surface area contributed by atoms with Gasteiger partial charge in [-0.3, -0.25) is 0 Å². The van der Waals surface area contributed by atoms with Crippen molar-refractivity contribution in [3.8, 4) is 0 Å². The van der Waals surface area contributed by atoms with Gasteiger partial charge >= 0.3 is 0 Å². The minimum Gasteiger partial charge on any atom is -0.369 e. The van der Waals surface area contributed by atoms with Crippen LogP contribution in [-0.4, -0.2) is 14.5 Å². The van der Waals surface area contributed by atoms with Crippen molar-refractivity contribution in [1.29, 1.82) is 0 Å². The zero-order valence-electron chi connectivity index (χ0n) is 10.9. The molecule has 2 heterocycles. The van der Waals surface area contributed by atoms with Crippen LogP contribution in [-0.2, 0) is 6.54 Å². The topological polar surface area (TPSA) is 56.7 Å². The molecule has 18 heavy (non-hydrogen) atoms. The largest absolute Gasteiger partial charge is 0.369 e. The lowest BCUT2D eigenvalue weighted by molar-refractivity contribution is 0.323. The second kappa shape index (κ2) is 4.59. The van der Waals surface area contributed by atoms with Gasteiger partial charge in [0.05, 0.1) is 5.52 Å². The van der Waals surface area contributed by atoms with Gasteiger partial charge in [0.25, 0.3) is 0 Å². The van der Waals surface area contributed by atoms with Gasteiger partial charge in [-0.15, -0.1) is 0 Å². The Hall–Kier alpha value is -1.58. The van der Waals surface area contributed by atoms with Gasteiger partial charge in [0.2, 0.25) is 5.95 Å². The number of nitrogen functional groups attached to an aromatic ring is 1. The Morgan fingerprint density at radius 2 is 2.11 bits per heavy atom. The number of rotatable bonds is 2. The van der Waals surface area contributed by atoms with Crippen LogP contribution in [0, 0.1) is 12.8 Å². The van der Waals surface area contributed by atoms with Crippen molar-refractivity contribution in [2.75, 3.05) is 5.73 Å². The molecule has 0 unspecified atom stereocenters. The van der Waals surface area contributed by atoms with E-state index in [0.29, 0.717) is 5.95 Å². The molecule has 4 nitrogen and oxygen atoms in total. The molecule has 3 rings (SSSR count). The SMILES string of the molecule is Cc1cnc2nc(N)n(CC3CCCCC3)c2c1. The number of aryl methyl sites for hydroxylation is 1. The van der Waals surface area contributed by atoms with E-state index in [-0.39, 0.29) is 0 Å². The highest BCUT2D eigenvalue weighted by Gasteiger charge is 2.17. The highest BCUT2D eigenvalue weighted by atomic mass is 15.2. The van der Waals surface area contributed by atoms with Crippen molar-refractivity contribution in [2.45, 2.75) is 45.6 Å². The molecule has 2 aromatic rings. The number of aromatic nitrogens is 3. The van der Waals surface area contributed by atoms with Crippen molar-refractivity contribution >= 4 is 17.1 Å². The molecule has 0 saturated heterocycles. The van der Waals surface area contributed by atoms with Crippen LogP contribution in [0.25, 0.3) is 11.2 Å². The summed E-state index contributed by atoms with van der Waals surface area (Å²) in [5, 5.41) is 0. The van der Waals surface area contributed by atoms with Crippen LogP contribution in [0.5, 0.6) is 0 Å². The molecular weight excluding hydrogens is 224 g/mol. The minimum atomic E-state index is 0.605. The van der Waals surface area contributed by atoms with Crippen LogP contribution < -0.4 is 5.73 Å². The third-order valence-electron chi connectivity index (χ3n) is 3.94. The minimum absolute atomic E-state index is 0.605. The Morgan fingerprint density at radius 1 is 1.33 bits per heavy atom. The summed E-state index contributed by atoms with van der Waals surface area (Å²) >= 11 is 0. The van der Waals surface area contributed by atoms with Gasteiger partial charge in [-0.1, -0.05) is 19.3 Å². The summed E-state index contributed by atoms with van der Waals surface area (Å²) in [7, 11) is 0. The molecule has 4 heteroatoms. The van der Waals surface area contributed by atoms with Gasteiger partial charge < -0.3 is 10.3 Å². The first-order valence-corrected chi connectivity index (χ1v) is 6.82. The molecule has 96 valence electrons. The number of hydrogen-bond donors (Lipinski definition) is 1. The number of fused-ring (bicyclic) bond motifs is 1. The summed E-state index contributed by atoms with van der Waals surface area (Å²) in [6, 6.07) is 2.13. The van der Waals surface area contributed by atoms with E-state index in [1.54, 1.807) is 0 Å².